The van der Waals surface area contributed by atoms with Gasteiger partial charge >= 0.3 is 0 Å². The summed E-state index contributed by atoms with van der Waals surface area (Å²) in [4.78, 5) is 23.5. The minimum atomic E-state index is -0.650. The molecule has 0 aliphatic heterocycles. The van der Waals surface area contributed by atoms with Crippen molar-refractivity contribution >= 4 is 45.9 Å². The minimum Gasteiger partial charge on any atom is -0.341 e. The number of hydroxylamine groups is 1. The summed E-state index contributed by atoms with van der Waals surface area (Å²) < 4.78 is 2.28. The second-order valence-electron chi connectivity index (χ2n) is 7.17. The van der Waals surface area contributed by atoms with Crippen LogP contribution in [0.4, 0.5) is 0 Å². The van der Waals surface area contributed by atoms with Crippen LogP contribution in [0.25, 0.3) is 27.9 Å². The van der Waals surface area contributed by atoms with E-state index in [9.17, 15) is 9.59 Å². The van der Waals surface area contributed by atoms with Crippen LogP contribution in [0.5, 0.6) is 0 Å². The largest absolute Gasteiger partial charge is 0.341 e. The molecule has 0 atom stereocenters. The molecule has 0 radical (unpaired) electrons. The lowest BCUT2D eigenvalue weighted by atomic mass is 10.1. The Bertz CT molecular complexity index is 1370. The number of amides is 2. The third kappa shape index (κ3) is 4.28. The Morgan fingerprint density at radius 3 is 2.59 bits per heavy atom. The summed E-state index contributed by atoms with van der Waals surface area (Å²) in [6, 6.07) is 21.1. The van der Waals surface area contributed by atoms with E-state index >= 15 is 0 Å². The van der Waals surface area contributed by atoms with E-state index in [-0.39, 0.29) is 5.91 Å². The molecule has 4 rings (SSSR count). The van der Waals surface area contributed by atoms with E-state index in [1.807, 2.05) is 18.2 Å². The zero-order valence-electron chi connectivity index (χ0n) is 17.4. The molecule has 32 heavy (non-hydrogen) atoms. The molecule has 4 aromatic rings. The van der Waals surface area contributed by atoms with Crippen molar-refractivity contribution in [1.29, 1.82) is 0 Å². The first kappa shape index (κ1) is 21.0. The summed E-state index contributed by atoms with van der Waals surface area (Å²) in [5.41, 5.74) is 8.32. The summed E-state index contributed by atoms with van der Waals surface area (Å²) in [7, 11) is 0. The molecule has 1 heterocycles. The molecular weight excluding hydrogens is 404 g/mol. The molecule has 0 bridgehead atoms. The molecule has 160 valence electrons. The van der Waals surface area contributed by atoms with Crippen LogP contribution < -0.4 is 10.9 Å². The zero-order valence-corrected chi connectivity index (χ0v) is 17.4. The van der Waals surface area contributed by atoms with Crippen molar-refractivity contribution < 1.29 is 14.8 Å². The van der Waals surface area contributed by atoms with Crippen molar-refractivity contribution in [2.24, 2.45) is 5.10 Å². The Labute approximate surface area is 184 Å². The smallest absolute Gasteiger partial charge is 0.271 e. The molecule has 1 aromatic heterocycles. The fourth-order valence-corrected chi connectivity index (χ4v) is 3.72. The van der Waals surface area contributed by atoms with Crippen molar-refractivity contribution in [3.63, 3.8) is 0 Å². The van der Waals surface area contributed by atoms with Gasteiger partial charge in [0.2, 0.25) is 0 Å². The number of hydrogen-bond donors (Lipinski definition) is 3. The van der Waals surface area contributed by atoms with Crippen LogP contribution in [0.3, 0.4) is 0 Å². The summed E-state index contributed by atoms with van der Waals surface area (Å²) in [5.74, 6) is -1.02. The van der Waals surface area contributed by atoms with Gasteiger partial charge in [-0.3, -0.25) is 14.8 Å². The van der Waals surface area contributed by atoms with Gasteiger partial charge in [-0.15, -0.1) is 0 Å². The highest BCUT2D eigenvalue weighted by Crippen LogP contribution is 2.29. The van der Waals surface area contributed by atoms with Crippen LogP contribution in [0.1, 0.15) is 28.4 Å². The van der Waals surface area contributed by atoms with Gasteiger partial charge < -0.3 is 4.57 Å². The van der Waals surface area contributed by atoms with Crippen LogP contribution in [-0.4, -0.2) is 27.8 Å². The number of rotatable bonds is 6. The molecule has 3 N–H and O–H groups in total. The van der Waals surface area contributed by atoms with Gasteiger partial charge in [-0.2, -0.15) is 5.10 Å². The van der Waals surface area contributed by atoms with Crippen LogP contribution in [0.2, 0.25) is 0 Å². The van der Waals surface area contributed by atoms with Gasteiger partial charge in [0.25, 0.3) is 11.8 Å². The predicted octanol–water partition coefficient (Wildman–Crippen LogP) is 4.10. The van der Waals surface area contributed by atoms with Crippen molar-refractivity contribution in [3.8, 4) is 0 Å². The number of carbonyl (C=O) groups excluding carboxylic acids is 2. The number of aromatic nitrogens is 1. The number of hydrazone groups is 1. The Balaban J connectivity index is 1.52. The fourth-order valence-electron chi connectivity index (χ4n) is 3.72. The number of fused-ring (bicyclic) bond motifs is 3. The number of carbonyl (C=O) groups is 2. The molecule has 3 aromatic carbocycles. The lowest BCUT2D eigenvalue weighted by molar-refractivity contribution is -0.124. The minimum absolute atomic E-state index is 0.369. The van der Waals surface area contributed by atoms with Crippen molar-refractivity contribution in [2.75, 3.05) is 0 Å². The molecule has 0 saturated heterocycles. The van der Waals surface area contributed by atoms with E-state index in [1.54, 1.807) is 30.5 Å². The highest BCUT2D eigenvalue weighted by atomic mass is 16.5. The second kappa shape index (κ2) is 9.28. The maximum Gasteiger partial charge on any atom is 0.271 e. The Morgan fingerprint density at radius 1 is 0.969 bits per heavy atom. The summed E-state index contributed by atoms with van der Waals surface area (Å²) >= 11 is 0. The van der Waals surface area contributed by atoms with E-state index in [1.165, 1.54) is 28.5 Å². The fraction of sp³-hybridized carbons (Fsp3) is 0.0800. The molecular formula is C25H22N4O3. The highest BCUT2D eigenvalue weighted by molar-refractivity contribution is 6.09. The van der Waals surface area contributed by atoms with Crippen molar-refractivity contribution in [2.45, 2.75) is 13.5 Å². The normalized spacial score (nSPS) is 11.6. The highest BCUT2D eigenvalue weighted by Gasteiger charge is 2.09. The van der Waals surface area contributed by atoms with E-state index in [0.717, 1.165) is 23.0 Å². The lowest BCUT2D eigenvalue weighted by Crippen LogP contribution is -2.17. The van der Waals surface area contributed by atoms with Crippen LogP contribution in [-0.2, 0) is 11.3 Å². The number of nitrogens with zero attached hydrogens (tertiary/aromatic N) is 2. The number of para-hydroxylation sites is 1. The first-order valence-electron chi connectivity index (χ1n) is 10.2. The average molecular weight is 426 g/mol. The number of aryl methyl sites for hydroxylation is 1. The molecule has 0 fully saturated rings. The number of nitrogens with one attached hydrogen (secondary N) is 2. The standard InChI is InChI=1S/C25H22N4O3/c1-2-29-22-9-4-3-8-20(22)21-15-18(10-12-23(21)29)16-26-27-25(31)19-7-5-6-17(14-19)11-13-24(30)28-32/h3-16,32H,2H2,1H3,(H,27,31)(H,28,30)/b13-11+,26-16+. The van der Waals surface area contributed by atoms with Crippen molar-refractivity contribution in [1.82, 2.24) is 15.5 Å². The first-order chi connectivity index (χ1) is 15.6. The van der Waals surface area contributed by atoms with Gasteiger partial charge in [0.15, 0.2) is 0 Å². The van der Waals surface area contributed by atoms with Gasteiger partial charge in [0, 0.05) is 40.0 Å². The number of hydrogen-bond acceptors (Lipinski definition) is 4. The summed E-state index contributed by atoms with van der Waals surface area (Å²) in [6.45, 7) is 3.01. The zero-order chi connectivity index (χ0) is 22.5. The number of benzene rings is 3. The first-order valence-corrected chi connectivity index (χ1v) is 10.2. The monoisotopic (exact) mass is 426 g/mol. The SMILES string of the molecule is CCn1c2ccccc2c2cc(/C=N/NC(=O)c3cccc(/C=C/C(=O)NO)c3)ccc21. The summed E-state index contributed by atoms with van der Waals surface area (Å²) in [6.07, 6.45) is 4.28. The summed E-state index contributed by atoms with van der Waals surface area (Å²) in [5, 5.41) is 15.0. The maximum absolute atomic E-state index is 12.4. The van der Waals surface area contributed by atoms with E-state index < -0.39 is 5.91 Å². The molecule has 2 amide bonds. The van der Waals surface area contributed by atoms with Crippen molar-refractivity contribution in [3.05, 3.63) is 89.5 Å². The van der Waals surface area contributed by atoms with Gasteiger partial charge in [-0.1, -0.05) is 36.4 Å². The molecule has 0 unspecified atom stereocenters. The van der Waals surface area contributed by atoms with Gasteiger partial charge in [-0.25, -0.2) is 10.9 Å². The second-order valence-corrected chi connectivity index (χ2v) is 7.17. The molecule has 0 aliphatic carbocycles. The average Bonchev–Trinajstić information content (AvgIpc) is 3.15. The van der Waals surface area contributed by atoms with Gasteiger partial charge in [-0.05, 0) is 54.5 Å². The predicted molar refractivity (Wildman–Crippen MR) is 126 cm³/mol. The maximum atomic E-state index is 12.4. The third-order valence-electron chi connectivity index (χ3n) is 5.18. The topological polar surface area (TPSA) is 95.7 Å². The van der Waals surface area contributed by atoms with E-state index in [2.05, 4.69) is 46.3 Å². The van der Waals surface area contributed by atoms with E-state index in [0.29, 0.717) is 11.1 Å². The van der Waals surface area contributed by atoms with Crippen LogP contribution >= 0.6 is 0 Å². The molecule has 0 aliphatic rings. The van der Waals surface area contributed by atoms with Gasteiger partial charge in [0.1, 0.15) is 0 Å². The van der Waals surface area contributed by atoms with Crippen LogP contribution in [0.15, 0.2) is 77.9 Å². The quantitative estimate of drug-likeness (QED) is 0.187. The molecule has 7 heteroatoms. The Hall–Kier alpha value is -4.23. The molecule has 0 saturated carbocycles. The van der Waals surface area contributed by atoms with Gasteiger partial charge in [0.05, 0.1) is 6.21 Å². The van der Waals surface area contributed by atoms with E-state index in [4.69, 9.17) is 5.21 Å². The lowest BCUT2D eigenvalue weighted by Gasteiger charge is -2.03. The molecule has 7 nitrogen and oxygen atoms in total. The van der Waals surface area contributed by atoms with Crippen LogP contribution in [0, 0.1) is 0 Å². The third-order valence-corrected chi connectivity index (χ3v) is 5.18. The Morgan fingerprint density at radius 2 is 1.78 bits per heavy atom. The Kier molecular flexibility index (Phi) is 6.10. The molecule has 0 spiro atoms.